The number of rotatable bonds is 3. The van der Waals surface area contributed by atoms with E-state index in [2.05, 4.69) is 24.1 Å². The molecule has 4 heteroatoms. The van der Waals surface area contributed by atoms with Gasteiger partial charge in [0.05, 0.1) is 11.3 Å². The molecule has 0 spiro atoms. The Morgan fingerprint density at radius 3 is 2.59 bits per heavy atom. The number of benzene rings is 1. The lowest BCUT2D eigenvalue weighted by Gasteiger charge is -2.09. The smallest absolute Gasteiger partial charge is 0.259 e. The van der Waals surface area contributed by atoms with Crippen LogP contribution in [0.25, 0.3) is 5.65 Å². The molecule has 0 aliphatic carbocycles. The number of anilines is 1. The second kappa shape index (κ2) is 5.64. The van der Waals surface area contributed by atoms with Crippen LogP contribution in [-0.2, 0) is 0 Å². The highest BCUT2D eigenvalue weighted by molar-refractivity contribution is 6.08. The Morgan fingerprint density at radius 1 is 1.18 bits per heavy atom. The molecule has 22 heavy (non-hydrogen) atoms. The maximum Gasteiger partial charge on any atom is 0.259 e. The molecular formula is C18H19N3O. The second-order valence-corrected chi connectivity index (χ2v) is 5.77. The first-order chi connectivity index (χ1) is 10.5. The summed E-state index contributed by atoms with van der Waals surface area (Å²) >= 11 is 0. The lowest BCUT2D eigenvalue weighted by atomic mass is 10.0. The van der Waals surface area contributed by atoms with E-state index in [1.165, 1.54) is 5.56 Å². The van der Waals surface area contributed by atoms with Gasteiger partial charge in [-0.3, -0.25) is 4.79 Å². The highest BCUT2D eigenvalue weighted by Gasteiger charge is 2.12. The third-order valence-electron chi connectivity index (χ3n) is 3.68. The molecule has 0 radical (unpaired) electrons. The van der Waals surface area contributed by atoms with Crippen molar-refractivity contribution in [2.45, 2.75) is 26.7 Å². The first-order valence-corrected chi connectivity index (χ1v) is 7.40. The van der Waals surface area contributed by atoms with Gasteiger partial charge in [0, 0.05) is 18.1 Å². The van der Waals surface area contributed by atoms with Crippen LogP contribution in [0.5, 0.6) is 0 Å². The molecule has 0 fully saturated rings. The maximum absolute atomic E-state index is 12.5. The lowest BCUT2D eigenvalue weighted by molar-refractivity contribution is 0.102. The topological polar surface area (TPSA) is 46.4 Å². The maximum atomic E-state index is 12.5. The van der Waals surface area contributed by atoms with Crippen molar-refractivity contribution >= 4 is 17.2 Å². The van der Waals surface area contributed by atoms with E-state index < -0.39 is 0 Å². The fourth-order valence-electron chi connectivity index (χ4n) is 2.46. The van der Waals surface area contributed by atoms with E-state index in [9.17, 15) is 4.79 Å². The van der Waals surface area contributed by atoms with Gasteiger partial charge in [-0.15, -0.1) is 0 Å². The molecule has 112 valence electrons. The summed E-state index contributed by atoms with van der Waals surface area (Å²) in [5.74, 6) is 0.333. The van der Waals surface area contributed by atoms with Gasteiger partial charge >= 0.3 is 0 Å². The number of aromatic nitrogens is 2. The van der Waals surface area contributed by atoms with Crippen LogP contribution in [0.3, 0.4) is 0 Å². The van der Waals surface area contributed by atoms with Crippen LogP contribution in [0.1, 0.15) is 41.4 Å². The fourth-order valence-corrected chi connectivity index (χ4v) is 2.46. The van der Waals surface area contributed by atoms with Gasteiger partial charge in [0.1, 0.15) is 5.65 Å². The molecule has 0 aliphatic rings. The summed E-state index contributed by atoms with van der Waals surface area (Å²) in [4.78, 5) is 16.9. The molecule has 0 saturated heterocycles. The van der Waals surface area contributed by atoms with Crippen LogP contribution in [0.4, 0.5) is 5.69 Å². The number of carbonyl (C=O) groups excluding carboxylic acids is 1. The number of aryl methyl sites for hydroxylation is 1. The van der Waals surface area contributed by atoms with Crippen molar-refractivity contribution in [1.82, 2.24) is 9.38 Å². The van der Waals surface area contributed by atoms with Crippen molar-refractivity contribution in [3.05, 3.63) is 65.6 Å². The van der Waals surface area contributed by atoms with Crippen molar-refractivity contribution < 1.29 is 4.79 Å². The van der Waals surface area contributed by atoms with Crippen LogP contribution in [0.2, 0.25) is 0 Å². The SMILES string of the molecule is Cc1cn2cccc(C(=O)Nc3ccc(C(C)C)cc3)c2n1. The lowest BCUT2D eigenvalue weighted by Crippen LogP contribution is -2.13. The third kappa shape index (κ3) is 2.72. The molecule has 0 saturated carbocycles. The minimum Gasteiger partial charge on any atom is -0.322 e. The summed E-state index contributed by atoms with van der Waals surface area (Å²) < 4.78 is 1.87. The predicted molar refractivity (Wildman–Crippen MR) is 88.4 cm³/mol. The number of nitrogens with zero attached hydrogens (tertiary/aromatic N) is 2. The number of imidazole rings is 1. The van der Waals surface area contributed by atoms with E-state index in [0.717, 1.165) is 11.4 Å². The molecule has 1 N–H and O–H groups in total. The molecule has 0 unspecified atom stereocenters. The number of hydrogen-bond donors (Lipinski definition) is 1. The summed E-state index contributed by atoms with van der Waals surface area (Å²) in [6.07, 6.45) is 3.80. The Hall–Kier alpha value is -2.62. The minimum absolute atomic E-state index is 0.145. The van der Waals surface area contributed by atoms with Gasteiger partial charge in [-0.05, 0) is 42.7 Å². The van der Waals surface area contributed by atoms with E-state index in [0.29, 0.717) is 17.1 Å². The molecular weight excluding hydrogens is 274 g/mol. The number of nitrogens with one attached hydrogen (secondary N) is 1. The molecule has 4 nitrogen and oxygen atoms in total. The van der Waals surface area contributed by atoms with Gasteiger partial charge in [0.15, 0.2) is 0 Å². The van der Waals surface area contributed by atoms with Crippen molar-refractivity contribution in [3.8, 4) is 0 Å². The summed E-state index contributed by atoms with van der Waals surface area (Å²) in [5.41, 5.74) is 4.19. The van der Waals surface area contributed by atoms with Gasteiger partial charge < -0.3 is 9.72 Å². The second-order valence-electron chi connectivity index (χ2n) is 5.77. The average Bonchev–Trinajstić information content (AvgIpc) is 2.87. The van der Waals surface area contributed by atoms with E-state index in [1.807, 2.05) is 54.0 Å². The monoisotopic (exact) mass is 293 g/mol. The van der Waals surface area contributed by atoms with Crippen LogP contribution >= 0.6 is 0 Å². The van der Waals surface area contributed by atoms with Crippen LogP contribution < -0.4 is 5.32 Å². The minimum atomic E-state index is -0.145. The van der Waals surface area contributed by atoms with Gasteiger partial charge in [0.25, 0.3) is 5.91 Å². The molecule has 3 aromatic rings. The third-order valence-corrected chi connectivity index (χ3v) is 3.68. The molecule has 3 rings (SSSR count). The molecule has 1 amide bonds. The molecule has 2 aromatic heterocycles. The number of fused-ring (bicyclic) bond motifs is 1. The Morgan fingerprint density at radius 2 is 1.91 bits per heavy atom. The van der Waals surface area contributed by atoms with Crippen LogP contribution in [-0.4, -0.2) is 15.3 Å². The van der Waals surface area contributed by atoms with Gasteiger partial charge in [-0.1, -0.05) is 26.0 Å². The molecule has 0 atom stereocenters. The van der Waals surface area contributed by atoms with Gasteiger partial charge in [-0.2, -0.15) is 0 Å². The number of amides is 1. The zero-order chi connectivity index (χ0) is 15.7. The Labute approximate surface area is 129 Å². The van der Waals surface area contributed by atoms with Crippen LogP contribution in [0.15, 0.2) is 48.8 Å². The zero-order valence-electron chi connectivity index (χ0n) is 13.0. The normalized spacial score (nSPS) is 11.1. The van der Waals surface area contributed by atoms with E-state index in [-0.39, 0.29) is 5.91 Å². The Kier molecular flexibility index (Phi) is 3.67. The number of carbonyl (C=O) groups is 1. The Bertz CT molecular complexity index is 816. The molecule has 0 aliphatic heterocycles. The number of pyridine rings is 1. The largest absolute Gasteiger partial charge is 0.322 e. The van der Waals surface area contributed by atoms with Crippen molar-refractivity contribution in [1.29, 1.82) is 0 Å². The summed E-state index contributed by atoms with van der Waals surface area (Å²) in [6.45, 7) is 6.21. The summed E-state index contributed by atoms with van der Waals surface area (Å²) in [5, 5.41) is 2.93. The molecule has 2 heterocycles. The predicted octanol–water partition coefficient (Wildman–Crippen LogP) is 4.02. The van der Waals surface area contributed by atoms with E-state index in [1.54, 1.807) is 6.07 Å². The van der Waals surface area contributed by atoms with Gasteiger partial charge in [0.2, 0.25) is 0 Å². The average molecular weight is 293 g/mol. The highest BCUT2D eigenvalue weighted by atomic mass is 16.1. The Balaban J connectivity index is 1.87. The summed E-state index contributed by atoms with van der Waals surface area (Å²) in [7, 11) is 0. The fraction of sp³-hybridized carbons (Fsp3) is 0.222. The van der Waals surface area contributed by atoms with Gasteiger partial charge in [-0.25, -0.2) is 4.98 Å². The quantitative estimate of drug-likeness (QED) is 0.793. The number of hydrogen-bond acceptors (Lipinski definition) is 2. The first kappa shape index (κ1) is 14.3. The van der Waals surface area contributed by atoms with Crippen LogP contribution in [0, 0.1) is 6.92 Å². The first-order valence-electron chi connectivity index (χ1n) is 7.40. The van der Waals surface area contributed by atoms with Crippen molar-refractivity contribution in [2.75, 3.05) is 5.32 Å². The van der Waals surface area contributed by atoms with E-state index in [4.69, 9.17) is 0 Å². The standard InChI is InChI=1S/C18H19N3O/c1-12(2)14-6-8-15(9-7-14)20-18(22)16-5-4-10-21-11-13(3)19-17(16)21/h4-12H,1-3H3,(H,20,22). The van der Waals surface area contributed by atoms with Crippen molar-refractivity contribution in [3.63, 3.8) is 0 Å². The van der Waals surface area contributed by atoms with Crippen molar-refractivity contribution in [2.24, 2.45) is 0 Å². The molecule has 1 aromatic carbocycles. The zero-order valence-corrected chi connectivity index (χ0v) is 13.0. The molecule has 0 bridgehead atoms. The summed E-state index contributed by atoms with van der Waals surface area (Å²) in [6, 6.07) is 11.6. The van der Waals surface area contributed by atoms with E-state index >= 15 is 0 Å². The highest BCUT2D eigenvalue weighted by Crippen LogP contribution is 2.18.